The van der Waals surface area contributed by atoms with Crippen molar-refractivity contribution in [3.05, 3.63) is 87.6 Å². The number of carbonyl (C=O) groups is 2. The maximum Gasteiger partial charge on any atom is 0.243 e. The van der Waals surface area contributed by atoms with E-state index >= 15 is 0 Å². The van der Waals surface area contributed by atoms with Crippen molar-refractivity contribution in [1.29, 1.82) is 0 Å². The maximum absolute atomic E-state index is 13.6. The molecular formula is C23H16BrF3N2O3. The van der Waals surface area contributed by atoms with Gasteiger partial charge in [0.25, 0.3) is 0 Å². The van der Waals surface area contributed by atoms with Gasteiger partial charge in [0.15, 0.2) is 11.6 Å². The van der Waals surface area contributed by atoms with Gasteiger partial charge in [-0.25, -0.2) is 13.2 Å². The standard InChI is InChI=1S/C15H8BrF2NO2.C8H8FNO/c16-8-2-1-3-11-13(8)15(14(20)19-11)6-21-12-5-10(18)9(17)4-7(12)15;1-6(11)10-8-5-3-2-4-7(8)9/h1-5H,6H2,(H,19,20);2-5H,1H3,(H,10,11). The molecule has 0 bridgehead atoms. The van der Waals surface area contributed by atoms with Gasteiger partial charge in [0.1, 0.15) is 23.6 Å². The van der Waals surface area contributed by atoms with E-state index in [1.807, 2.05) is 0 Å². The third-order valence-electron chi connectivity index (χ3n) is 5.19. The lowest BCUT2D eigenvalue weighted by Crippen LogP contribution is -2.37. The summed E-state index contributed by atoms with van der Waals surface area (Å²) in [6, 6.07) is 13.4. The molecule has 1 atom stereocenters. The zero-order valence-corrected chi connectivity index (χ0v) is 18.2. The summed E-state index contributed by atoms with van der Waals surface area (Å²) in [6.45, 7) is 1.36. The smallest absolute Gasteiger partial charge is 0.243 e. The maximum atomic E-state index is 13.6. The summed E-state index contributed by atoms with van der Waals surface area (Å²) in [5.74, 6) is -2.76. The summed E-state index contributed by atoms with van der Waals surface area (Å²) in [6.07, 6.45) is 0. The number of fused-ring (bicyclic) bond motifs is 4. The van der Waals surface area contributed by atoms with E-state index in [1.54, 1.807) is 30.3 Å². The number of nitrogens with one attached hydrogen (secondary N) is 2. The van der Waals surface area contributed by atoms with Crippen LogP contribution >= 0.6 is 15.9 Å². The second-order valence-corrected chi connectivity index (χ2v) is 8.09. The highest BCUT2D eigenvalue weighted by Gasteiger charge is 2.55. The van der Waals surface area contributed by atoms with Crippen molar-refractivity contribution in [2.24, 2.45) is 0 Å². The van der Waals surface area contributed by atoms with E-state index in [1.165, 1.54) is 19.1 Å². The average Bonchev–Trinajstić information content (AvgIpc) is 3.24. The number of anilines is 2. The van der Waals surface area contributed by atoms with Gasteiger partial charge >= 0.3 is 0 Å². The molecule has 2 amide bonds. The summed E-state index contributed by atoms with van der Waals surface area (Å²) in [5.41, 5.74) is 0.777. The first-order valence-electron chi connectivity index (χ1n) is 9.49. The Hall–Kier alpha value is -3.33. The predicted molar refractivity (Wildman–Crippen MR) is 116 cm³/mol. The summed E-state index contributed by atoms with van der Waals surface area (Å²) in [4.78, 5) is 23.0. The van der Waals surface area contributed by atoms with Gasteiger partial charge in [-0.1, -0.05) is 34.1 Å². The average molecular weight is 505 g/mol. The van der Waals surface area contributed by atoms with E-state index < -0.39 is 22.9 Å². The summed E-state index contributed by atoms with van der Waals surface area (Å²) in [5, 5.41) is 5.14. The lowest BCUT2D eigenvalue weighted by Gasteiger charge is -2.21. The van der Waals surface area contributed by atoms with E-state index in [2.05, 4.69) is 26.6 Å². The van der Waals surface area contributed by atoms with Crippen LogP contribution in [0.15, 0.2) is 59.1 Å². The molecule has 2 aliphatic heterocycles. The molecule has 32 heavy (non-hydrogen) atoms. The predicted octanol–water partition coefficient (Wildman–Crippen LogP) is 5.14. The number of amides is 2. The second kappa shape index (κ2) is 8.31. The summed E-state index contributed by atoms with van der Waals surface area (Å²) >= 11 is 3.43. The monoisotopic (exact) mass is 504 g/mol. The molecule has 1 spiro atoms. The number of rotatable bonds is 1. The first kappa shape index (κ1) is 21.9. The van der Waals surface area contributed by atoms with Crippen molar-refractivity contribution < 1.29 is 27.5 Å². The molecule has 2 N–H and O–H groups in total. The Morgan fingerprint density at radius 2 is 1.78 bits per heavy atom. The van der Waals surface area contributed by atoms with Crippen molar-refractivity contribution in [2.45, 2.75) is 12.3 Å². The largest absolute Gasteiger partial charge is 0.491 e. The normalized spacial score (nSPS) is 17.6. The van der Waals surface area contributed by atoms with E-state index in [9.17, 15) is 22.8 Å². The Kier molecular flexibility index (Phi) is 5.68. The topological polar surface area (TPSA) is 67.4 Å². The van der Waals surface area contributed by atoms with Crippen molar-refractivity contribution >= 4 is 39.1 Å². The Morgan fingerprint density at radius 1 is 1.06 bits per heavy atom. The highest BCUT2D eigenvalue weighted by molar-refractivity contribution is 9.10. The molecule has 0 saturated heterocycles. The van der Waals surface area contributed by atoms with Gasteiger partial charge in [0.05, 0.1) is 5.69 Å². The number of hydrogen-bond donors (Lipinski definition) is 2. The van der Waals surface area contributed by atoms with Gasteiger partial charge in [-0.15, -0.1) is 0 Å². The van der Waals surface area contributed by atoms with Crippen LogP contribution in [0.25, 0.3) is 0 Å². The fraction of sp³-hybridized carbons (Fsp3) is 0.130. The molecule has 5 rings (SSSR count). The lowest BCUT2D eigenvalue weighted by atomic mass is 9.77. The Labute approximate surface area is 189 Å². The number of carbonyl (C=O) groups excluding carboxylic acids is 2. The molecule has 0 radical (unpaired) electrons. The molecule has 3 aromatic carbocycles. The third kappa shape index (κ3) is 3.62. The SMILES string of the molecule is CC(=O)Nc1ccccc1F.O=C1Nc2cccc(Br)c2C12COc1cc(F)c(F)cc12. The first-order valence-corrected chi connectivity index (χ1v) is 10.3. The van der Waals surface area contributed by atoms with E-state index in [0.717, 1.165) is 16.6 Å². The van der Waals surface area contributed by atoms with Gasteiger partial charge in [0.2, 0.25) is 11.8 Å². The molecule has 2 heterocycles. The zero-order chi connectivity index (χ0) is 23.0. The van der Waals surface area contributed by atoms with Gasteiger partial charge in [0, 0.05) is 34.3 Å². The lowest BCUT2D eigenvalue weighted by molar-refractivity contribution is -0.119. The van der Waals surface area contributed by atoms with E-state index in [0.29, 0.717) is 16.8 Å². The minimum absolute atomic E-state index is 0.0205. The fourth-order valence-electron chi connectivity index (χ4n) is 3.80. The minimum atomic E-state index is -1.14. The highest BCUT2D eigenvalue weighted by Crippen LogP contribution is 2.52. The Morgan fingerprint density at radius 3 is 2.50 bits per heavy atom. The molecule has 164 valence electrons. The number of hydrogen-bond acceptors (Lipinski definition) is 3. The van der Waals surface area contributed by atoms with Crippen molar-refractivity contribution in [1.82, 2.24) is 0 Å². The minimum Gasteiger partial charge on any atom is -0.491 e. The number of para-hydroxylation sites is 1. The van der Waals surface area contributed by atoms with Gasteiger partial charge in [-0.2, -0.15) is 0 Å². The van der Waals surface area contributed by atoms with Crippen molar-refractivity contribution in [2.75, 3.05) is 17.2 Å². The van der Waals surface area contributed by atoms with E-state index in [4.69, 9.17) is 4.74 Å². The van der Waals surface area contributed by atoms with Crippen LogP contribution in [0.3, 0.4) is 0 Å². The first-order chi connectivity index (χ1) is 15.2. The van der Waals surface area contributed by atoms with Crippen LogP contribution in [-0.2, 0) is 15.0 Å². The molecule has 0 aliphatic carbocycles. The molecule has 2 aliphatic rings. The fourth-order valence-corrected chi connectivity index (χ4v) is 4.50. The number of benzene rings is 3. The zero-order valence-electron chi connectivity index (χ0n) is 16.6. The highest BCUT2D eigenvalue weighted by atomic mass is 79.9. The van der Waals surface area contributed by atoms with Crippen LogP contribution in [0.5, 0.6) is 5.75 Å². The summed E-state index contributed by atoms with van der Waals surface area (Å²) < 4.78 is 45.9. The molecule has 1 unspecified atom stereocenters. The molecule has 0 fully saturated rings. The molecule has 3 aromatic rings. The quantitative estimate of drug-likeness (QED) is 0.482. The van der Waals surface area contributed by atoms with Gasteiger partial charge in [-0.05, 0) is 30.3 Å². The van der Waals surface area contributed by atoms with Crippen molar-refractivity contribution in [3.63, 3.8) is 0 Å². The number of ether oxygens (including phenoxy) is 1. The van der Waals surface area contributed by atoms with Crippen LogP contribution < -0.4 is 15.4 Å². The Bertz CT molecular complexity index is 1250. The third-order valence-corrected chi connectivity index (χ3v) is 5.85. The van der Waals surface area contributed by atoms with Gasteiger partial charge in [-0.3, -0.25) is 9.59 Å². The second-order valence-electron chi connectivity index (χ2n) is 7.23. The molecular weight excluding hydrogens is 489 g/mol. The van der Waals surface area contributed by atoms with Crippen LogP contribution in [0.1, 0.15) is 18.1 Å². The molecule has 9 heteroatoms. The molecule has 5 nitrogen and oxygen atoms in total. The van der Waals surface area contributed by atoms with Crippen LogP contribution in [0.2, 0.25) is 0 Å². The molecule has 0 aromatic heterocycles. The van der Waals surface area contributed by atoms with Crippen LogP contribution in [-0.4, -0.2) is 18.4 Å². The summed E-state index contributed by atoms with van der Waals surface area (Å²) in [7, 11) is 0. The van der Waals surface area contributed by atoms with E-state index in [-0.39, 0.29) is 29.9 Å². The number of halogens is 4. The van der Waals surface area contributed by atoms with Gasteiger partial charge < -0.3 is 15.4 Å². The van der Waals surface area contributed by atoms with Crippen molar-refractivity contribution in [3.8, 4) is 5.75 Å². The van der Waals surface area contributed by atoms with Crippen LogP contribution in [0, 0.1) is 17.5 Å². The Balaban J connectivity index is 0.000000189. The van der Waals surface area contributed by atoms with Crippen LogP contribution in [0.4, 0.5) is 24.5 Å². The molecule has 0 saturated carbocycles.